The van der Waals surface area contributed by atoms with E-state index in [0.29, 0.717) is 0 Å². The van der Waals surface area contributed by atoms with Crippen molar-refractivity contribution in [2.45, 2.75) is 6.42 Å². The fraction of sp³-hybridized carbons (Fsp3) is 0.385. The first kappa shape index (κ1) is 10.9. The van der Waals surface area contributed by atoms with Gasteiger partial charge in [-0.2, -0.15) is 0 Å². The van der Waals surface area contributed by atoms with Gasteiger partial charge in [0.15, 0.2) is 0 Å². The number of hydrogen-bond acceptors (Lipinski definition) is 3. The molecular formula is C13H17N3. The molecule has 0 spiro atoms. The van der Waals surface area contributed by atoms with Gasteiger partial charge in [0.05, 0.1) is 13.1 Å². The highest BCUT2D eigenvalue weighted by atomic mass is 15.1. The summed E-state index contributed by atoms with van der Waals surface area (Å²) in [5.41, 5.74) is 2.35. The summed E-state index contributed by atoms with van der Waals surface area (Å²) in [4.78, 5) is 11.2. The van der Waals surface area contributed by atoms with E-state index in [2.05, 4.69) is 39.2 Å². The van der Waals surface area contributed by atoms with Crippen LogP contribution in [0.1, 0.15) is 12.0 Å². The fourth-order valence-corrected chi connectivity index (χ4v) is 1.75. The molecule has 0 amide bonds. The molecule has 1 aliphatic heterocycles. The van der Waals surface area contributed by atoms with E-state index in [1.54, 1.807) is 0 Å². The Kier molecular flexibility index (Phi) is 3.34. The number of rotatable bonds is 1. The third-order valence-electron chi connectivity index (χ3n) is 2.65. The van der Waals surface area contributed by atoms with Crippen LogP contribution in [0.25, 0.3) is 0 Å². The predicted octanol–water partition coefficient (Wildman–Crippen LogP) is 1.84. The maximum atomic E-state index is 4.60. The average molecular weight is 215 g/mol. The Hall–Kier alpha value is -1.64. The Morgan fingerprint density at radius 3 is 2.38 bits per heavy atom. The normalized spacial score (nSPS) is 16.1. The molecule has 16 heavy (non-hydrogen) atoms. The molecular weight excluding hydrogens is 198 g/mol. The first-order valence-electron chi connectivity index (χ1n) is 5.57. The lowest BCUT2D eigenvalue weighted by atomic mass is 10.1. The van der Waals surface area contributed by atoms with Gasteiger partial charge in [0.2, 0.25) is 0 Å². The lowest BCUT2D eigenvalue weighted by molar-refractivity contribution is 0.610. The molecule has 0 unspecified atom stereocenters. The van der Waals surface area contributed by atoms with Crippen molar-refractivity contribution in [2.75, 3.05) is 27.2 Å². The summed E-state index contributed by atoms with van der Waals surface area (Å²) in [6, 6.07) is 10.3. The highest BCUT2D eigenvalue weighted by Gasteiger charge is 2.11. The first-order valence-corrected chi connectivity index (χ1v) is 5.57. The molecule has 0 N–H and O–H groups in total. The minimum absolute atomic E-state index is 0.793. The first-order chi connectivity index (χ1) is 7.77. The highest BCUT2D eigenvalue weighted by molar-refractivity contribution is 6.12. The van der Waals surface area contributed by atoms with E-state index in [0.717, 1.165) is 31.1 Å². The SMILES string of the molecule is CN(C)C1=NCCN=C(c2ccccc2)C1. The van der Waals surface area contributed by atoms with Crippen molar-refractivity contribution in [1.29, 1.82) is 0 Å². The summed E-state index contributed by atoms with van der Waals surface area (Å²) in [7, 11) is 4.07. The summed E-state index contributed by atoms with van der Waals surface area (Å²) < 4.78 is 0. The Balaban J connectivity index is 2.23. The zero-order valence-electron chi connectivity index (χ0n) is 9.85. The van der Waals surface area contributed by atoms with Crippen LogP contribution in [0.3, 0.4) is 0 Å². The van der Waals surface area contributed by atoms with Crippen LogP contribution in [0.2, 0.25) is 0 Å². The number of hydrogen-bond donors (Lipinski definition) is 0. The lowest BCUT2D eigenvalue weighted by Gasteiger charge is -2.15. The minimum Gasteiger partial charge on any atom is -0.366 e. The second kappa shape index (κ2) is 4.92. The van der Waals surface area contributed by atoms with Gasteiger partial charge in [-0.05, 0) is 5.56 Å². The molecule has 0 aliphatic carbocycles. The van der Waals surface area contributed by atoms with Crippen molar-refractivity contribution in [1.82, 2.24) is 4.90 Å². The van der Waals surface area contributed by atoms with Gasteiger partial charge in [0.1, 0.15) is 5.84 Å². The molecule has 1 aromatic carbocycles. The lowest BCUT2D eigenvalue weighted by Crippen LogP contribution is -2.24. The van der Waals surface area contributed by atoms with Crippen molar-refractivity contribution in [2.24, 2.45) is 9.98 Å². The second-order valence-corrected chi connectivity index (χ2v) is 4.06. The zero-order valence-corrected chi connectivity index (χ0v) is 9.85. The van der Waals surface area contributed by atoms with Crippen molar-refractivity contribution in [3.8, 4) is 0 Å². The molecule has 0 atom stereocenters. The van der Waals surface area contributed by atoms with Crippen molar-refractivity contribution >= 4 is 11.5 Å². The van der Waals surface area contributed by atoms with Crippen LogP contribution in [0.4, 0.5) is 0 Å². The van der Waals surface area contributed by atoms with E-state index in [-0.39, 0.29) is 0 Å². The minimum atomic E-state index is 0.793. The topological polar surface area (TPSA) is 28.0 Å². The van der Waals surface area contributed by atoms with Gasteiger partial charge in [-0.25, -0.2) is 0 Å². The molecule has 1 aromatic rings. The van der Waals surface area contributed by atoms with E-state index < -0.39 is 0 Å². The molecule has 2 rings (SSSR count). The summed E-state index contributed by atoms with van der Waals surface area (Å²) in [6.45, 7) is 1.59. The molecule has 84 valence electrons. The van der Waals surface area contributed by atoms with Crippen LogP contribution in [-0.4, -0.2) is 43.6 Å². The Morgan fingerprint density at radius 1 is 1.00 bits per heavy atom. The van der Waals surface area contributed by atoms with E-state index in [4.69, 9.17) is 0 Å². The Labute approximate surface area is 96.5 Å². The van der Waals surface area contributed by atoms with Crippen LogP contribution >= 0.6 is 0 Å². The largest absolute Gasteiger partial charge is 0.366 e. The maximum Gasteiger partial charge on any atom is 0.104 e. The molecule has 1 heterocycles. The Morgan fingerprint density at radius 2 is 1.69 bits per heavy atom. The van der Waals surface area contributed by atoms with Crippen LogP contribution in [0, 0.1) is 0 Å². The molecule has 0 aromatic heterocycles. The van der Waals surface area contributed by atoms with Crippen LogP contribution in [0.5, 0.6) is 0 Å². The van der Waals surface area contributed by atoms with Crippen molar-refractivity contribution < 1.29 is 0 Å². The third kappa shape index (κ3) is 2.48. The monoisotopic (exact) mass is 215 g/mol. The molecule has 0 saturated carbocycles. The molecule has 3 heteroatoms. The third-order valence-corrected chi connectivity index (χ3v) is 2.65. The van der Waals surface area contributed by atoms with Crippen molar-refractivity contribution in [3.63, 3.8) is 0 Å². The smallest absolute Gasteiger partial charge is 0.104 e. The number of benzene rings is 1. The van der Waals surface area contributed by atoms with Gasteiger partial charge in [-0.3, -0.25) is 9.98 Å². The van der Waals surface area contributed by atoms with Crippen LogP contribution in [-0.2, 0) is 0 Å². The van der Waals surface area contributed by atoms with E-state index >= 15 is 0 Å². The number of nitrogens with zero attached hydrogens (tertiary/aromatic N) is 3. The van der Waals surface area contributed by atoms with Crippen LogP contribution < -0.4 is 0 Å². The Bertz CT molecular complexity index is 404. The van der Waals surface area contributed by atoms with Gasteiger partial charge >= 0.3 is 0 Å². The second-order valence-electron chi connectivity index (χ2n) is 4.06. The van der Waals surface area contributed by atoms with Gasteiger partial charge < -0.3 is 4.90 Å². The van der Waals surface area contributed by atoms with Gasteiger partial charge in [-0.1, -0.05) is 30.3 Å². The highest BCUT2D eigenvalue weighted by Crippen LogP contribution is 2.09. The number of aliphatic imine (C=N–C) groups is 2. The molecule has 0 fully saturated rings. The molecule has 3 nitrogen and oxygen atoms in total. The van der Waals surface area contributed by atoms with E-state index in [9.17, 15) is 0 Å². The summed E-state index contributed by atoms with van der Waals surface area (Å²) >= 11 is 0. The van der Waals surface area contributed by atoms with Gasteiger partial charge in [0.25, 0.3) is 0 Å². The van der Waals surface area contributed by atoms with Gasteiger partial charge in [0, 0.05) is 26.2 Å². The average Bonchev–Trinajstić information content (AvgIpc) is 2.56. The summed E-state index contributed by atoms with van der Waals surface area (Å²) in [5, 5.41) is 0. The summed E-state index contributed by atoms with van der Waals surface area (Å²) in [5.74, 6) is 1.11. The predicted molar refractivity (Wildman–Crippen MR) is 68.5 cm³/mol. The fourth-order valence-electron chi connectivity index (χ4n) is 1.75. The number of amidine groups is 1. The standard InChI is InChI=1S/C13H17N3/c1-16(2)13-10-12(14-8-9-15-13)11-6-4-3-5-7-11/h3-7H,8-10H2,1-2H3. The quantitative estimate of drug-likeness (QED) is 0.702. The zero-order chi connectivity index (χ0) is 11.4. The van der Waals surface area contributed by atoms with E-state index in [1.165, 1.54) is 5.56 Å². The molecule has 0 saturated heterocycles. The van der Waals surface area contributed by atoms with Gasteiger partial charge in [-0.15, -0.1) is 0 Å². The molecule has 1 aliphatic rings. The summed E-state index contributed by atoms with van der Waals surface area (Å²) in [6.07, 6.45) is 0.830. The van der Waals surface area contributed by atoms with Crippen molar-refractivity contribution in [3.05, 3.63) is 35.9 Å². The molecule has 0 bridgehead atoms. The maximum absolute atomic E-state index is 4.60. The van der Waals surface area contributed by atoms with E-state index in [1.807, 2.05) is 20.2 Å². The molecule has 0 radical (unpaired) electrons. The van der Waals surface area contributed by atoms with Crippen LogP contribution in [0.15, 0.2) is 40.3 Å².